The highest BCUT2D eigenvalue weighted by Crippen LogP contribution is 2.23. The molecule has 3 nitrogen and oxygen atoms in total. The molecule has 0 radical (unpaired) electrons. The molecule has 18 heavy (non-hydrogen) atoms. The zero-order chi connectivity index (χ0) is 13.0. The molecule has 0 spiro atoms. The van der Waals surface area contributed by atoms with E-state index in [1.165, 1.54) is 18.9 Å². The Morgan fingerprint density at radius 3 is 2.44 bits per heavy atom. The molecule has 2 rings (SSSR count). The van der Waals surface area contributed by atoms with Crippen LogP contribution in [0.1, 0.15) is 48.9 Å². The van der Waals surface area contributed by atoms with Gasteiger partial charge in [-0.1, -0.05) is 36.0 Å². The van der Waals surface area contributed by atoms with Crippen LogP contribution in [0.25, 0.3) is 0 Å². The van der Waals surface area contributed by atoms with Gasteiger partial charge in [0.2, 0.25) is 0 Å². The zero-order valence-electron chi connectivity index (χ0n) is 9.99. The average molecular weight is 288 g/mol. The number of rotatable bonds is 2. The van der Waals surface area contributed by atoms with Crippen molar-refractivity contribution in [2.75, 3.05) is 0 Å². The Morgan fingerprint density at radius 2 is 1.83 bits per heavy atom. The molecule has 0 aliphatic heterocycles. The van der Waals surface area contributed by atoms with Gasteiger partial charge < -0.3 is 4.74 Å². The number of esters is 1. The van der Waals surface area contributed by atoms with Gasteiger partial charge in [-0.3, -0.25) is 0 Å². The third kappa shape index (κ3) is 3.59. The van der Waals surface area contributed by atoms with Crippen LogP contribution in [0.3, 0.4) is 0 Å². The van der Waals surface area contributed by atoms with Gasteiger partial charge in [0.05, 0.1) is 5.56 Å². The minimum Gasteiger partial charge on any atom is -0.459 e. The molecule has 0 atom stereocenters. The van der Waals surface area contributed by atoms with Crippen LogP contribution < -0.4 is 0 Å². The number of halogens is 2. The summed E-state index contributed by atoms with van der Waals surface area (Å²) in [4.78, 5) is 15.8. The maximum atomic E-state index is 12.0. The minimum absolute atomic E-state index is 0.00625. The minimum atomic E-state index is -0.406. The summed E-state index contributed by atoms with van der Waals surface area (Å²) in [5, 5.41) is 0.368. The molecule has 5 heteroatoms. The van der Waals surface area contributed by atoms with Gasteiger partial charge in [0, 0.05) is 0 Å². The fourth-order valence-corrected chi connectivity index (χ4v) is 2.56. The molecule has 0 amide bonds. The van der Waals surface area contributed by atoms with E-state index in [9.17, 15) is 4.79 Å². The van der Waals surface area contributed by atoms with Crippen molar-refractivity contribution in [2.45, 2.75) is 44.6 Å². The van der Waals surface area contributed by atoms with Gasteiger partial charge in [-0.2, -0.15) is 0 Å². The van der Waals surface area contributed by atoms with Crippen LogP contribution in [-0.2, 0) is 4.74 Å². The number of ether oxygens (including phenoxy) is 1. The van der Waals surface area contributed by atoms with E-state index in [1.807, 2.05) is 0 Å². The first kappa shape index (κ1) is 13.6. The summed E-state index contributed by atoms with van der Waals surface area (Å²) in [6, 6.07) is 3.09. The van der Waals surface area contributed by atoms with Gasteiger partial charge >= 0.3 is 5.97 Å². The standard InChI is InChI=1S/C13H15Cl2NO2/c14-11-8-7-10(12(15)16-11)13(17)18-9-5-3-1-2-4-6-9/h7-9H,1-6H2. The molecule has 1 aromatic rings. The van der Waals surface area contributed by atoms with Crippen LogP contribution in [0.4, 0.5) is 0 Å². The predicted octanol–water partition coefficient (Wildman–Crippen LogP) is 4.27. The molecule has 0 bridgehead atoms. The van der Waals surface area contributed by atoms with Crippen LogP contribution in [0.15, 0.2) is 12.1 Å². The number of hydrogen-bond acceptors (Lipinski definition) is 3. The summed E-state index contributed by atoms with van der Waals surface area (Å²) in [5.74, 6) is -0.406. The van der Waals surface area contributed by atoms with E-state index in [1.54, 1.807) is 6.07 Å². The quantitative estimate of drug-likeness (QED) is 0.463. The molecule has 1 saturated carbocycles. The normalized spacial score (nSPS) is 17.2. The van der Waals surface area contributed by atoms with E-state index in [0.29, 0.717) is 0 Å². The molecule has 0 aromatic carbocycles. The smallest absolute Gasteiger partial charge is 0.341 e. The number of carbonyl (C=O) groups excluding carboxylic acids is 1. The molecule has 1 aliphatic rings. The van der Waals surface area contributed by atoms with Crippen LogP contribution in [0.5, 0.6) is 0 Å². The summed E-state index contributed by atoms with van der Waals surface area (Å²) in [6.07, 6.45) is 6.55. The Labute approximate surface area is 116 Å². The molecular weight excluding hydrogens is 273 g/mol. The topological polar surface area (TPSA) is 39.2 Å². The van der Waals surface area contributed by atoms with E-state index in [2.05, 4.69) is 4.98 Å². The summed E-state index contributed by atoms with van der Waals surface area (Å²) < 4.78 is 5.47. The first-order chi connectivity index (χ1) is 8.66. The van der Waals surface area contributed by atoms with E-state index in [4.69, 9.17) is 27.9 Å². The summed E-state index contributed by atoms with van der Waals surface area (Å²) in [5.41, 5.74) is 0.283. The first-order valence-electron chi connectivity index (χ1n) is 6.20. The van der Waals surface area contributed by atoms with Gasteiger partial charge in [-0.05, 0) is 37.8 Å². The molecule has 1 fully saturated rings. The lowest BCUT2D eigenvalue weighted by atomic mass is 10.1. The third-order valence-electron chi connectivity index (χ3n) is 3.11. The second-order valence-corrected chi connectivity index (χ2v) is 5.24. The third-order valence-corrected chi connectivity index (χ3v) is 3.61. The molecule has 0 unspecified atom stereocenters. The van der Waals surface area contributed by atoms with E-state index < -0.39 is 5.97 Å². The van der Waals surface area contributed by atoms with Gasteiger partial charge in [-0.25, -0.2) is 9.78 Å². The van der Waals surface area contributed by atoms with Crippen molar-refractivity contribution in [3.05, 3.63) is 28.0 Å². The molecule has 1 aliphatic carbocycles. The Morgan fingerprint density at radius 1 is 1.17 bits per heavy atom. The number of carbonyl (C=O) groups is 1. The lowest BCUT2D eigenvalue weighted by Crippen LogP contribution is -2.18. The fraction of sp³-hybridized carbons (Fsp3) is 0.538. The molecule has 98 valence electrons. The van der Waals surface area contributed by atoms with Gasteiger partial charge in [0.15, 0.2) is 0 Å². The average Bonchev–Trinajstić information content (AvgIpc) is 2.57. The maximum absolute atomic E-state index is 12.0. The van der Waals surface area contributed by atoms with Crippen LogP contribution >= 0.6 is 23.2 Å². The second kappa shape index (κ2) is 6.39. The predicted molar refractivity (Wildman–Crippen MR) is 71.2 cm³/mol. The second-order valence-electron chi connectivity index (χ2n) is 4.49. The Bertz CT molecular complexity index is 429. The van der Waals surface area contributed by atoms with Crippen LogP contribution in [0, 0.1) is 0 Å². The van der Waals surface area contributed by atoms with E-state index in [0.717, 1.165) is 25.7 Å². The highest BCUT2D eigenvalue weighted by atomic mass is 35.5. The largest absolute Gasteiger partial charge is 0.459 e. The summed E-state index contributed by atoms with van der Waals surface area (Å²) in [7, 11) is 0. The fourth-order valence-electron chi connectivity index (χ4n) is 2.14. The molecule has 1 aromatic heterocycles. The lowest BCUT2D eigenvalue weighted by Gasteiger charge is -2.15. The highest BCUT2D eigenvalue weighted by molar-refractivity contribution is 6.34. The van der Waals surface area contributed by atoms with Gasteiger partial charge in [-0.15, -0.1) is 0 Å². The maximum Gasteiger partial charge on any atom is 0.341 e. The van der Waals surface area contributed by atoms with Crippen LogP contribution in [-0.4, -0.2) is 17.1 Å². The lowest BCUT2D eigenvalue weighted by molar-refractivity contribution is 0.0267. The first-order valence-corrected chi connectivity index (χ1v) is 6.95. The van der Waals surface area contributed by atoms with Crippen molar-refractivity contribution >= 4 is 29.2 Å². The highest BCUT2D eigenvalue weighted by Gasteiger charge is 2.20. The van der Waals surface area contributed by atoms with Crippen molar-refractivity contribution in [1.29, 1.82) is 0 Å². The van der Waals surface area contributed by atoms with Crippen LogP contribution in [0.2, 0.25) is 10.3 Å². The van der Waals surface area contributed by atoms with Crippen molar-refractivity contribution in [1.82, 2.24) is 4.98 Å². The van der Waals surface area contributed by atoms with Crippen molar-refractivity contribution < 1.29 is 9.53 Å². The number of pyridine rings is 1. The van der Waals surface area contributed by atoms with Gasteiger partial charge in [0.25, 0.3) is 0 Å². The van der Waals surface area contributed by atoms with Crippen molar-refractivity contribution in [2.24, 2.45) is 0 Å². The number of hydrogen-bond donors (Lipinski definition) is 0. The Kier molecular flexibility index (Phi) is 4.84. The molecule has 0 saturated heterocycles. The SMILES string of the molecule is O=C(OC1CCCCCC1)c1ccc(Cl)nc1Cl. The molecule has 1 heterocycles. The summed E-state index contributed by atoms with van der Waals surface area (Å²) >= 11 is 11.6. The van der Waals surface area contributed by atoms with E-state index in [-0.39, 0.29) is 22.0 Å². The van der Waals surface area contributed by atoms with Crippen molar-refractivity contribution in [3.63, 3.8) is 0 Å². The molecular formula is C13H15Cl2NO2. The van der Waals surface area contributed by atoms with E-state index >= 15 is 0 Å². The monoisotopic (exact) mass is 287 g/mol. The number of nitrogens with zero attached hydrogens (tertiary/aromatic N) is 1. The Balaban J connectivity index is 2.02. The number of aromatic nitrogens is 1. The Hall–Kier alpha value is -0.800. The zero-order valence-corrected chi connectivity index (χ0v) is 11.5. The van der Waals surface area contributed by atoms with Crippen molar-refractivity contribution in [3.8, 4) is 0 Å². The molecule has 0 N–H and O–H groups in total. The summed E-state index contributed by atoms with van der Waals surface area (Å²) in [6.45, 7) is 0. The van der Waals surface area contributed by atoms with Gasteiger partial charge in [0.1, 0.15) is 16.4 Å².